The molecule has 2 bridgehead atoms. The Morgan fingerprint density at radius 1 is 1.38 bits per heavy atom. The maximum Gasteiger partial charge on any atom is 0.333 e. The normalized spacial score (nSPS) is 39.8. The van der Waals surface area contributed by atoms with Gasteiger partial charge in [0.15, 0.2) is 0 Å². The third-order valence-electron chi connectivity index (χ3n) is 5.31. The molecule has 0 aromatic heterocycles. The SMILES string of the molecule is C=C(C)C(=O)O[C@@H]1C[C@@H]2CC[C@@]1(C)C2(C)C. The van der Waals surface area contributed by atoms with Crippen LogP contribution in [0.2, 0.25) is 0 Å². The second kappa shape index (κ2) is 3.35. The fraction of sp³-hybridized carbons (Fsp3) is 0.786. The van der Waals surface area contributed by atoms with Crippen molar-refractivity contribution in [1.29, 1.82) is 0 Å². The molecule has 0 saturated heterocycles. The Hall–Kier alpha value is -0.790. The number of hydrogen-bond acceptors (Lipinski definition) is 2. The van der Waals surface area contributed by atoms with E-state index in [1.807, 2.05) is 0 Å². The topological polar surface area (TPSA) is 26.3 Å². The van der Waals surface area contributed by atoms with E-state index in [2.05, 4.69) is 27.4 Å². The molecular formula is C14H22O2. The van der Waals surface area contributed by atoms with Crippen molar-refractivity contribution in [3.63, 3.8) is 0 Å². The number of hydrogen-bond donors (Lipinski definition) is 0. The van der Waals surface area contributed by atoms with E-state index in [0.717, 1.165) is 6.42 Å². The summed E-state index contributed by atoms with van der Waals surface area (Å²) in [6.07, 6.45) is 3.58. The van der Waals surface area contributed by atoms with Crippen LogP contribution in [0, 0.1) is 16.7 Å². The first kappa shape index (κ1) is 11.7. The standard InChI is InChI=1S/C14H22O2/c1-9(2)12(15)16-11-8-10-6-7-14(11,5)13(10,3)4/h10-11H,1,6-8H2,2-5H3/t10-,11+,14+/m0/s1. The molecule has 0 amide bonds. The first-order chi connectivity index (χ1) is 7.29. The molecule has 3 atom stereocenters. The van der Waals surface area contributed by atoms with Crippen LogP contribution in [0.3, 0.4) is 0 Å². The lowest BCUT2D eigenvalue weighted by molar-refractivity contribution is -0.151. The van der Waals surface area contributed by atoms with Gasteiger partial charge in [-0.2, -0.15) is 0 Å². The Morgan fingerprint density at radius 3 is 2.38 bits per heavy atom. The Bertz CT molecular complexity index is 343. The zero-order valence-electron chi connectivity index (χ0n) is 10.8. The van der Waals surface area contributed by atoms with Gasteiger partial charge in [0, 0.05) is 11.0 Å². The van der Waals surface area contributed by atoms with E-state index in [4.69, 9.17) is 4.74 Å². The molecule has 2 nitrogen and oxygen atoms in total. The van der Waals surface area contributed by atoms with E-state index in [0.29, 0.717) is 16.9 Å². The van der Waals surface area contributed by atoms with Crippen LogP contribution in [0.5, 0.6) is 0 Å². The minimum absolute atomic E-state index is 0.0884. The van der Waals surface area contributed by atoms with Gasteiger partial charge in [-0.25, -0.2) is 4.79 Å². The third-order valence-corrected chi connectivity index (χ3v) is 5.31. The molecule has 16 heavy (non-hydrogen) atoms. The van der Waals surface area contributed by atoms with Gasteiger partial charge in [0.05, 0.1) is 0 Å². The van der Waals surface area contributed by atoms with Crippen molar-refractivity contribution in [1.82, 2.24) is 0 Å². The van der Waals surface area contributed by atoms with E-state index >= 15 is 0 Å². The van der Waals surface area contributed by atoms with Gasteiger partial charge in [-0.3, -0.25) is 0 Å². The van der Waals surface area contributed by atoms with Crippen LogP contribution in [-0.2, 0) is 9.53 Å². The summed E-state index contributed by atoms with van der Waals surface area (Å²) in [5.74, 6) is 0.481. The van der Waals surface area contributed by atoms with E-state index in [9.17, 15) is 4.79 Å². The molecule has 0 heterocycles. The molecule has 0 spiro atoms. The Morgan fingerprint density at radius 2 is 2.00 bits per heavy atom. The fourth-order valence-corrected chi connectivity index (χ4v) is 3.54. The van der Waals surface area contributed by atoms with Crippen molar-refractivity contribution in [2.75, 3.05) is 0 Å². The van der Waals surface area contributed by atoms with Gasteiger partial charge < -0.3 is 4.74 Å². The summed E-state index contributed by atoms with van der Waals surface area (Å²) in [5, 5.41) is 0. The highest BCUT2D eigenvalue weighted by molar-refractivity contribution is 5.87. The van der Waals surface area contributed by atoms with Crippen molar-refractivity contribution in [2.45, 2.75) is 53.1 Å². The van der Waals surface area contributed by atoms with Crippen LogP contribution in [0.15, 0.2) is 12.2 Å². The van der Waals surface area contributed by atoms with Gasteiger partial charge in [-0.15, -0.1) is 0 Å². The maximum atomic E-state index is 11.6. The van der Waals surface area contributed by atoms with Crippen LogP contribution in [-0.4, -0.2) is 12.1 Å². The summed E-state index contributed by atoms with van der Waals surface area (Å²) in [5.41, 5.74) is 0.958. The van der Waals surface area contributed by atoms with E-state index < -0.39 is 0 Å². The molecule has 2 rings (SSSR count). The van der Waals surface area contributed by atoms with Crippen LogP contribution in [0.1, 0.15) is 47.0 Å². The molecule has 2 saturated carbocycles. The van der Waals surface area contributed by atoms with Gasteiger partial charge in [0.1, 0.15) is 6.10 Å². The number of esters is 1. The Balaban J connectivity index is 2.16. The van der Waals surface area contributed by atoms with E-state index in [-0.39, 0.29) is 17.5 Å². The predicted octanol–water partition coefficient (Wildman–Crippen LogP) is 3.32. The number of carbonyl (C=O) groups excluding carboxylic acids is 1. The highest BCUT2D eigenvalue weighted by Gasteiger charge is 2.62. The average molecular weight is 222 g/mol. The Labute approximate surface area is 98.1 Å². The summed E-state index contributed by atoms with van der Waals surface area (Å²) in [4.78, 5) is 11.6. The lowest BCUT2D eigenvalue weighted by Gasteiger charge is -2.38. The molecule has 2 fully saturated rings. The highest BCUT2D eigenvalue weighted by Crippen LogP contribution is 2.66. The number of carbonyl (C=O) groups is 1. The summed E-state index contributed by atoms with van der Waals surface area (Å²) < 4.78 is 5.61. The van der Waals surface area contributed by atoms with Gasteiger partial charge >= 0.3 is 5.97 Å². The summed E-state index contributed by atoms with van der Waals surface area (Å²) in [7, 11) is 0. The second-order valence-electron chi connectivity index (χ2n) is 6.28. The first-order valence-corrected chi connectivity index (χ1v) is 6.15. The van der Waals surface area contributed by atoms with E-state index in [1.54, 1.807) is 6.92 Å². The largest absolute Gasteiger partial charge is 0.458 e. The highest BCUT2D eigenvalue weighted by atomic mass is 16.5. The molecule has 0 radical (unpaired) electrons. The number of ether oxygens (including phenoxy) is 1. The van der Waals surface area contributed by atoms with Crippen molar-refractivity contribution < 1.29 is 9.53 Å². The summed E-state index contributed by atoms with van der Waals surface area (Å²) in [6.45, 7) is 12.3. The molecule has 90 valence electrons. The minimum atomic E-state index is -0.227. The lowest BCUT2D eigenvalue weighted by atomic mass is 9.70. The number of rotatable bonds is 2. The predicted molar refractivity (Wildman–Crippen MR) is 63.9 cm³/mol. The molecule has 2 aliphatic rings. The molecule has 2 heteroatoms. The van der Waals surface area contributed by atoms with E-state index in [1.165, 1.54) is 12.8 Å². The van der Waals surface area contributed by atoms with Crippen LogP contribution in [0.4, 0.5) is 0 Å². The quantitative estimate of drug-likeness (QED) is 0.529. The number of fused-ring (bicyclic) bond motifs is 2. The molecule has 0 N–H and O–H groups in total. The second-order valence-corrected chi connectivity index (χ2v) is 6.28. The average Bonchev–Trinajstić information content (AvgIpc) is 2.50. The van der Waals surface area contributed by atoms with Crippen LogP contribution >= 0.6 is 0 Å². The smallest absolute Gasteiger partial charge is 0.333 e. The maximum absolute atomic E-state index is 11.6. The van der Waals surface area contributed by atoms with Crippen LogP contribution in [0.25, 0.3) is 0 Å². The molecular weight excluding hydrogens is 200 g/mol. The van der Waals surface area contributed by atoms with Crippen molar-refractivity contribution in [3.8, 4) is 0 Å². The van der Waals surface area contributed by atoms with Crippen molar-refractivity contribution in [2.24, 2.45) is 16.7 Å². The summed E-state index contributed by atoms with van der Waals surface area (Å²) >= 11 is 0. The zero-order chi connectivity index (χ0) is 12.1. The molecule has 0 unspecified atom stereocenters. The molecule has 0 aromatic rings. The lowest BCUT2D eigenvalue weighted by Crippen LogP contribution is -2.38. The van der Waals surface area contributed by atoms with Crippen molar-refractivity contribution >= 4 is 5.97 Å². The minimum Gasteiger partial charge on any atom is -0.458 e. The van der Waals surface area contributed by atoms with Gasteiger partial charge in [-0.1, -0.05) is 27.4 Å². The third kappa shape index (κ3) is 1.35. The van der Waals surface area contributed by atoms with Gasteiger partial charge in [0.2, 0.25) is 0 Å². The van der Waals surface area contributed by atoms with Gasteiger partial charge in [-0.05, 0) is 37.5 Å². The monoisotopic (exact) mass is 222 g/mol. The van der Waals surface area contributed by atoms with Gasteiger partial charge in [0.25, 0.3) is 0 Å². The molecule has 2 aliphatic carbocycles. The molecule has 0 aromatic carbocycles. The molecule has 0 aliphatic heterocycles. The van der Waals surface area contributed by atoms with Crippen molar-refractivity contribution in [3.05, 3.63) is 12.2 Å². The Kier molecular flexibility index (Phi) is 2.45. The van der Waals surface area contributed by atoms with Crippen LogP contribution < -0.4 is 0 Å². The first-order valence-electron chi connectivity index (χ1n) is 6.15. The zero-order valence-corrected chi connectivity index (χ0v) is 10.8. The fourth-order valence-electron chi connectivity index (χ4n) is 3.54. The summed E-state index contributed by atoms with van der Waals surface area (Å²) in [6, 6.07) is 0.